The third kappa shape index (κ3) is 1.76. The number of carbonyl (C=O) groups is 1. The summed E-state index contributed by atoms with van der Waals surface area (Å²) in [7, 11) is 0. The van der Waals surface area contributed by atoms with Gasteiger partial charge in [0.05, 0.1) is 11.8 Å². The van der Waals surface area contributed by atoms with Crippen LogP contribution in [0.4, 0.5) is 0 Å². The monoisotopic (exact) mass is 221 g/mol. The van der Waals surface area contributed by atoms with Crippen LogP contribution in [0.1, 0.15) is 18.4 Å². The quantitative estimate of drug-likeness (QED) is 0.329. The predicted molar refractivity (Wildman–Crippen MR) is 55.8 cm³/mol. The van der Waals surface area contributed by atoms with Crippen molar-refractivity contribution in [2.75, 3.05) is 6.54 Å². The number of ether oxygens (including phenoxy) is 1. The summed E-state index contributed by atoms with van der Waals surface area (Å²) in [5.74, 6) is -0.823. The largest absolute Gasteiger partial charge is 0.426 e. The van der Waals surface area contributed by atoms with Crippen LogP contribution in [0.25, 0.3) is 0 Å². The molecule has 2 atom stereocenters. The Bertz CT molecular complexity index is 443. The maximum absolute atomic E-state index is 11.5. The highest BCUT2D eigenvalue weighted by molar-refractivity contribution is 5.78. The second kappa shape index (κ2) is 3.92. The van der Waals surface area contributed by atoms with Gasteiger partial charge >= 0.3 is 5.97 Å². The average molecular weight is 221 g/mol. The van der Waals surface area contributed by atoms with Crippen LogP contribution >= 0.6 is 0 Å². The van der Waals surface area contributed by atoms with Gasteiger partial charge in [-0.05, 0) is 6.07 Å². The van der Waals surface area contributed by atoms with Crippen molar-refractivity contribution in [2.24, 2.45) is 5.92 Å². The first-order valence-electron chi connectivity index (χ1n) is 5.02. The lowest BCUT2D eigenvalue weighted by atomic mass is 9.85. The molecule has 2 rings (SSSR count). The molecule has 1 aliphatic heterocycles. The van der Waals surface area contributed by atoms with E-state index >= 15 is 0 Å². The van der Waals surface area contributed by atoms with Crippen molar-refractivity contribution in [1.82, 2.24) is 0 Å². The molecule has 0 amide bonds. The molecule has 84 valence electrons. The SMILES string of the molecule is C[C@H]1C(=O)Oc2ccccc2[C@H]1C[N+](=O)[O-]. The number of hydrogen-bond donors (Lipinski definition) is 0. The van der Waals surface area contributed by atoms with Crippen LogP contribution in [-0.2, 0) is 4.79 Å². The highest BCUT2D eigenvalue weighted by Gasteiger charge is 2.37. The maximum Gasteiger partial charge on any atom is 0.314 e. The van der Waals surface area contributed by atoms with E-state index in [2.05, 4.69) is 0 Å². The van der Waals surface area contributed by atoms with E-state index in [1.54, 1.807) is 31.2 Å². The van der Waals surface area contributed by atoms with Gasteiger partial charge in [0.15, 0.2) is 0 Å². The van der Waals surface area contributed by atoms with Gasteiger partial charge in [0.1, 0.15) is 5.75 Å². The molecule has 5 nitrogen and oxygen atoms in total. The van der Waals surface area contributed by atoms with Gasteiger partial charge < -0.3 is 4.74 Å². The lowest BCUT2D eigenvalue weighted by molar-refractivity contribution is -0.484. The minimum absolute atomic E-state index is 0.243. The van der Waals surface area contributed by atoms with Crippen molar-refractivity contribution in [2.45, 2.75) is 12.8 Å². The minimum atomic E-state index is -0.472. The van der Waals surface area contributed by atoms with Gasteiger partial charge in [-0.15, -0.1) is 0 Å². The molecule has 0 radical (unpaired) electrons. The van der Waals surface area contributed by atoms with E-state index in [9.17, 15) is 14.9 Å². The molecular formula is C11H11NO4. The first-order chi connectivity index (χ1) is 7.59. The Morgan fingerprint density at radius 1 is 1.44 bits per heavy atom. The van der Waals surface area contributed by atoms with Crippen LogP contribution in [0.5, 0.6) is 5.75 Å². The zero-order chi connectivity index (χ0) is 11.7. The molecule has 1 aromatic carbocycles. The van der Waals surface area contributed by atoms with Gasteiger partial charge in [0.25, 0.3) is 0 Å². The first kappa shape index (κ1) is 10.6. The van der Waals surface area contributed by atoms with Gasteiger partial charge in [0.2, 0.25) is 6.54 Å². The van der Waals surface area contributed by atoms with Crippen molar-refractivity contribution in [3.8, 4) is 5.75 Å². The van der Waals surface area contributed by atoms with Crippen molar-refractivity contribution in [3.05, 3.63) is 39.9 Å². The van der Waals surface area contributed by atoms with E-state index in [0.29, 0.717) is 5.75 Å². The molecule has 0 aliphatic carbocycles. The summed E-state index contributed by atoms with van der Waals surface area (Å²) >= 11 is 0. The lowest BCUT2D eigenvalue weighted by Crippen LogP contribution is -2.33. The Labute approximate surface area is 92.2 Å². The predicted octanol–water partition coefficient (Wildman–Crippen LogP) is 1.60. The molecule has 1 heterocycles. The molecule has 5 heteroatoms. The number of hydrogen-bond acceptors (Lipinski definition) is 4. The molecule has 0 aromatic heterocycles. The number of fused-ring (bicyclic) bond motifs is 1. The topological polar surface area (TPSA) is 69.4 Å². The molecule has 0 unspecified atom stereocenters. The lowest BCUT2D eigenvalue weighted by Gasteiger charge is -2.26. The highest BCUT2D eigenvalue weighted by atomic mass is 16.6. The fourth-order valence-electron chi connectivity index (χ4n) is 1.93. The second-order valence-electron chi connectivity index (χ2n) is 3.87. The maximum atomic E-state index is 11.5. The van der Waals surface area contributed by atoms with E-state index in [4.69, 9.17) is 4.74 Å². The highest BCUT2D eigenvalue weighted by Crippen LogP contribution is 2.37. The van der Waals surface area contributed by atoms with Gasteiger partial charge in [-0.2, -0.15) is 0 Å². The summed E-state index contributed by atoms with van der Waals surface area (Å²) in [6, 6.07) is 6.96. The fourth-order valence-corrected chi connectivity index (χ4v) is 1.93. The number of nitrogens with zero attached hydrogens (tertiary/aromatic N) is 1. The van der Waals surface area contributed by atoms with E-state index in [1.807, 2.05) is 0 Å². The standard InChI is InChI=1S/C11H11NO4/c1-7-9(6-12(14)15)8-4-2-3-5-10(8)16-11(7)13/h2-5,7,9H,6H2,1H3/t7-,9+/m1/s1. The van der Waals surface area contributed by atoms with E-state index in [-0.39, 0.29) is 6.54 Å². The molecule has 0 spiro atoms. The summed E-state index contributed by atoms with van der Waals surface area (Å²) in [6.07, 6.45) is 0. The van der Waals surface area contributed by atoms with Crippen molar-refractivity contribution >= 4 is 5.97 Å². The molecule has 16 heavy (non-hydrogen) atoms. The molecule has 0 bridgehead atoms. The Balaban J connectivity index is 2.41. The van der Waals surface area contributed by atoms with Gasteiger partial charge in [-0.25, -0.2) is 0 Å². The summed E-state index contributed by atoms with van der Waals surface area (Å²) in [6.45, 7) is 1.42. The zero-order valence-corrected chi connectivity index (χ0v) is 8.75. The van der Waals surface area contributed by atoms with Crippen LogP contribution < -0.4 is 4.74 Å². The Morgan fingerprint density at radius 3 is 2.81 bits per heavy atom. The second-order valence-corrected chi connectivity index (χ2v) is 3.87. The van der Waals surface area contributed by atoms with Crippen molar-refractivity contribution in [3.63, 3.8) is 0 Å². The number of esters is 1. The van der Waals surface area contributed by atoms with Gasteiger partial charge in [0, 0.05) is 10.5 Å². The van der Waals surface area contributed by atoms with Gasteiger partial charge in [-0.3, -0.25) is 14.9 Å². The number of rotatable bonds is 2. The number of carbonyl (C=O) groups excluding carboxylic acids is 1. The number of nitro groups is 1. The van der Waals surface area contributed by atoms with Crippen LogP contribution in [0.3, 0.4) is 0 Å². The Hall–Kier alpha value is -1.91. The van der Waals surface area contributed by atoms with Crippen molar-refractivity contribution < 1.29 is 14.5 Å². The molecule has 0 fully saturated rings. The van der Waals surface area contributed by atoms with Crippen molar-refractivity contribution in [1.29, 1.82) is 0 Å². The normalized spacial score (nSPS) is 23.4. The smallest absolute Gasteiger partial charge is 0.314 e. The molecule has 0 saturated heterocycles. The molecule has 1 aliphatic rings. The zero-order valence-electron chi connectivity index (χ0n) is 8.75. The molecular weight excluding hydrogens is 210 g/mol. The Morgan fingerprint density at radius 2 is 2.12 bits per heavy atom. The van der Waals surface area contributed by atoms with Crippen LogP contribution in [0.15, 0.2) is 24.3 Å². The first-order valence-corrected chi connectivity index (χ1v) is 5.02. The number of benzene rings is 1. The van der Waals surface area contributed by atoms with E-state index < -0.39 is 22.7 Å². The minimum Gasteiger partial charge on any atom is -0.426 e. The summed E-state index contributed by atoms with van der Waals surface area (Å²) in [5.41, 5.74) is 0.742. The molecule has 0 saturated carbocycles. The molecule has 1 aromatic rings. The van der Waals surface area contributed by atoms with Crippen LogP contribution in [0.2, 0.25) is 0 Å². The summed E-state index contributed by atoms with van der Waals surface area (Å²) in [5, 5.41) is 10.6. The number of para-hydroxylation sites is 1. The third-order valence-electron chi connectivity index (χ3n) is 2.85. The van der Waals surface area contributed by atoms with Gasteiger partial charge in [-0.1, -0.05) is 25.1 Å². The fraction of sp³-hybridized carbons (Fsp3) is 0.364. The average Bonchev–Trinajstić information content (AvgIpc) is 2.24. The van der Waals surface area contributed by atoms with E-state index in [1.165, 1.54) is 0 Å². The summed E-state index contributed by atoms with van der Waals surface area (Å²) < 4.78 is 5.09. The van der Waals surface area contributed by atoms with Crippen LogP contribution in [-0.4, -0.2) is 17.4 Å². The summed E-state index contributed by atoms with van der Waals surface area (Å²) in [4.78, 5) is 21.7. The van der Waals surface area contributed by atoms with Crippen LogP contribution in [0, 0.1) is 16.0 Å². The third-order valence-corrected chi connectivity index (χ3v) is 2.85. The Kier molecular flexibility index (Phi) is 2.60. The molecule has 0 N–H and O–H groups in total. The van der Waals surface area contributed by atoms with E-state index in [0.717, 1.165) is 5.56 Å².